The van der Waals surface area contributed by atoms with Crippen LogP contribution in [0.2, 0.25) is 0 Å². The molecule has 0 aromatic heterocycles. The summed E-state index contributed by atoms with van der Waals surface area (Å²) in [5, 5.41) is 9.63. The summed E-state index contributed by atoms with van der Waals surface area (Å²) in [5.41, 5.74) is 0.156. The Labute approximate surface area is 159 Å². The molecule has 1 spiro atoms. The van der Waals surface area contributed by atoms with Crippen LogP contribution in [0.1, 0.15) is 42.5 Å². The number of amides is 2. The van der Waals surface area contributed by atoms with E-state index in [2.05, 4.69) is 16.0 Å². The van der Waals surface area contributed by atoms with Crippen LogP contribution in [-0.2, 0) is 4.79 Å². The quantitative estimate of drug-likeness (QED) is 0.609. The summed E-state index contributed by atoms with van der Waals surface area (Å²) in [6.07, 6.45) is 8.55. The minimum absolute atomic E-state index is 0.0207. The van der Waals surface area contributed by atoms with Crippen LogP contribution in [0, 0.1) is 5.41 Å². The van der Waals surface area contributed by atoms with Crippen molar-refractivity contribution < 1.29 is 14.3 Å². The highest BCUT2D eigenvalue weighted by molar-refractivity contribution is 5.97. The lowest BCUT2D eigenvalue weighted by molar-refractivity contribution is -0.135. The number of carbonyl (C=O) groups is 2. The Morgan fingerprint density at radius 1 is 0.963 bits per heavy atom. The number of para-hydroxylation sites is 1. The number of hydrogen-bond acceptors (Lipinski definition) is 4. The fraction of sp³-hybridized carbons (Fsp3) is 0.524. The number of hydrogen-bond donors (Lipinski definition) is 3. The van der Waals surface area contributed by atoms with E-state index in [9.17, 15) is 9.59 Å². The molecule has 1 saturated carbocycles. The average molecular weight is 369 g/mol. The number of nitrogens with one attached hydrogen (secondary N) is 3. The van der Waals surface area contributed by atoms with Gasteiger partial charge in [0.1, 0.15) is 12.4 Å². The first-order valence-corrected chi connectivity index (χ1v) is 9.87. The van der Waals surface area contributed by atoms with Crippen molar-refractivity contribution in [3.8, 4) is 5.75 Å². The van der Waals surface area contributed by atoms with Crippen molar-refractivity contribution in [1.82, 2.24) is 16.0 Å². The predicted molar refractivity (Wildman–Crippen MR) is 103 cm³/mol. The van der Waals surface area contributed by atoms with Crippen LogP contribution in [-0.4, -0.2) is 43.6 Å². The van der Waals surface area contributed by atoms with Gasteiger partial charge in [-0.25, -0.2) is 0 Å². The summed E-state index contributed by atoms with van der Waals surface area (Å²) >= 11 is 0. The maximum absolute atomic E-state index is 13.0. The molecule has 0 radical (unpaired) electrons. The summed E-state index contributed by atoms with van der Waals surface area (Å²) < 4.78 is 5.82. The molecule has 2 atom stereocenters. The summed E-state index contributed by atoms with van der Waals surface area (Å²) in [5.74, 6) is 0.543. The highest BCUT2D eigenvalue weighted by Crippen LogP contribution is 2.30. The predicted octanol–water partition coefficient (Wildman–Crippen LogP) is 1.77. The molecule has 2 fully saturated rings. The van der Waals surface area contributed by atoms with E-state index in [1.165, 1.54) is 0 Å². The number of ether oxygens (including phenoxy) is 1. The maximum atomic E-state index is 13.0. The Kier molecular flexibility index (Phi) is 5.16. The third-order valence-corrected chi connectivity index (χ3v) is 5.95. The van der Waals surface area contributed by atoms with Gasteiger partial charge in [-0.05, 0) is 31.4 Å². The molecule has 1 aromatic carbocycles. The van der Waals surface area contributed by atoms with E-state index in [4.69, 9.17) is 4.74 Å². The van der Waals surface area contributed by atoms with Gasteiger partial charge in [-0.2, -0.15) is 0 Å². The van der Waals surface area contributed by atoms with Gasteiger partial charge < -0.3 is 20.7 Å². The molecule has 1 aliphatic carbocycles. The van der Waals surface area contributed by atoms with Gasteiger partial charge in [0.05, 0.1) is 11.0 Å². The van der Waals surface area contributed by atoms with Crippen LogP contribution in [0.3, 0.4) is 0 Å². The molecule has 6 nitrogen and oxygen atoms in total. The third-order valence-electron chi connectivity index (χ3n) is 5.95. The lowest BCUT2D eigenvalue weighted by Gasteiger charge is -2.43. The van der Waals surface area contributed by atoms with Crippen molar-refractivity contribution in [3.63, 3.8) is 0 Å². The first-order valence-electron chi connectivity index (χ1n) is 9.87. The summed E-state index contributed by atoms with van der Waals surface area (Å²) in [6, 6.07) is 7.25. The first-order chi connectivity index (χ1) is 13.2. The third kappa shape index (κ3) is 3.72. The molecule has 1 aromatic rings. The second-order valence-electron chi connectivity index (χ2n) is 7.81. The van der Waals surface area contributed by atoms with Crippen LogP contribution in [0.4, 0.5) is 0 Å². The van der Waals surface area contributed by atoms with E-state index in [1.54, 1.807) is 6.07 Å². The van der Waals surface area contributed by atoms with Gasteiger partial charge in [-0.3, -0.25) is 9.59 Å². The van der Waals surface area contributed by atoms with E-state index >= 15 is 0 Å². The molecule has 2 amide bonds. The molecule has 0 unspecified atom stereocenters. The molecule has 144 valence electrons. The fourth-order valence-electron chi connectivity index (χ4n) is 4.16. The van der Waals surface area contributed by atoms with Gasteiger partial charge in [0.15, 0.2) is 0 Å². The molecule has 0 bridgehead atoms. The normalized spacial score (nSPS) is 29.0. The van der Waals surface area contributed by atoms with E-state index in [1.807, 2.05) is 30.4 Å². The second kappa shape index (κ2) is 7.72. The zero-order valence-corrected chi connectivity index (χ0v) is 15.5. The van der Waals surface area contributed by atoms with Gasteiger partial charge in [0.25, 0.3) is 5.91 Å². The monoisotopic (exact) mass is 369 g/mol. The van der Waals surface area contributed by atoms with E-state index in [0.29, 0.717) is 37.4 Å². The lowest BCUT2D eigenvalue weighted by Crippen LogP contribution is -2.64. The van der Waals surface area contributed by atoms with E-state index in [-0.39, 0.29) is 29.3 Å². The van der Waals surface area contributed by atoms with E-state index < -0.39 is 0 Å². The Bertz CT molecular complexity index is 742. The fourth-order valence-corrected chi connectivity index (χ4v) is 4.16. The highest BCUT2D eigenvalue weighted by atomic mass is 16.5. The van der Waals surface area contributed by atoms with Gasteiger partial charge in [-0.1, -0.05) is 37.1 Å². The molecular weight excluding hydrogens is 342 g/mol. The SMILES string of the molecule is O=C1N[C@@H]2CCCC[C@H]2NC(=O)C2(C/C=C/COc3ccccc31)CNC2. The van der Waals surface area contributed by atoms with Crippen LogP contribution >= 0.6 is 0 Å². The molecule has 3 N–H and O–H groups in total. The highest BCUT2D eigenvalue weighted by Gasteiger charge is 2.44. The molecule has 2 aliphatic heterocycles. The number of fused-ring (bicyclic) bond motifs is 2. The summed E-state index contributed by atoms with van der Waals surface area (Å²) in [7, 11) is 0. The number of allylic oxidation sites excluding steroid dienone is 1. The molecule has 6 heteroatoms. The molecule has 1 saturated heterocycles. The smallest absolute Gasteiger partial charge is 0.255 e. The van der Waals surface area contributed by atoms with Crippen LogP contribution < -0.4 is 20.7 Å². The van der Waals surface area contributed by atoms with Crippen molar-refractivity contribution in [2.75, 3.05) is 19.7 Å². The second-order valence-corrected chi connectivity index (χ2v) is 7.81. The lowest BCUT2D eigenvalue weighted by atomic mass is 9.76. The molecule has 4 rings (SSSR count). The maximum Gasteiger partial charge on any atom is 0.255 e. The molecule has 3 aliphatic rings. The Morgan fingerprint density at radius 2 is 1.70 bits per heavy atom. The van der Waals surface area contributed by atoms with Crippen molar-refractivity contribution in [3.05, 3.63) is 42.0 Å². The number of benzene rings is 1. The van der Waals surface area contributed by atoms with E-state index in [0.717, 1.165) is 25.7 Å². The average Bonchev–Trinajstić information content (AvgIpc) is 2.64. The number of carbonyl (C=O) groups excluding carboxylic acids is 2. The van der Waals surface area contributed by atoms with Gasteiger partial charge in [-0.15, -0.1) is 0 Å². The van der Waals surface area contributed by atoms with Crippen LogP contribution in [0.5, 0.6) is 5.75 Å². The standard InChI is InChI=1S/C21H27N3O3/c25-19-15-7-1-4-10-18(15)27-12-6-5-11-21(13-22-14-21)20(26)24-17-9-3-2-8-16(17)23-19/h1,4-7,10,16-17,22H,2-3,8-9,11-14H2,(H,23,25)(H,24,26)/b6-5+/t16-,17-/m1/s1. The van der Waals surface area contributed by atoms with Crippen LogP contribution in [0.25, 0.3) is 0 Å². The minimum Gasteiger partial charge on any atom is -0.489 e. The largest absolute Gasteiger partial charge is 0.489 e. The summed E-state index contributed by atoms with van der Waals surface area (Å²) in [4.78, 5) is 25.9. The van der Waals surface area contributed by atoms with Gasteiger partial charge in [0.2, 0.25) is 5.91 Å². The van der Waals surface area contributed by atoms with Gasteiger partial charge >= 0.3 is 0 Å². The molecular formula is C21H27N3O3. The Hall–Kier alpha value is -2.34. The molecule has 27 heavy (non-hydrogen) atoms. The van der Waals surface area contributed by atoms with Crippen molar-refractivity contribution in [1.29, 1.82) is 0 Å². The summed E-state index contributed by atoms with van der Waals surface area (Å²) in [6.45, 7) is 1.76. The van der Waals surface area contributed by atoms with Gasteiger partial charge in [0, 0.05) is 25.2 Å². The number of rotatable bonds is 0. The Balaban J connectivity index is 1.62. The van der Waals surface area contributed by atoms with Crippen LogP contribution in [0.15, 0.2) is 36.4 Å². The molecule has 2 heterocycles. The Morgan fingerprint density at radius 3 is 2.44 bits per heavy atom. The zero-order chi connectivity index (χ0) is 18.7. The minimum atomic E-state index is -0.384. The van der Waals surface area contributed by atoms with Crippen molar-refractivity contribution >= 4 is 11.8 Å². The topological polar surface area (TPSA) is 79.5 Å². The first kappa shape index (κ1) is 18.0. The van der Waals surface area contributed by atoms with Crippen molar-refractivity contribution in [2.24, 2.45) is 5.41 Å². The van der Waals surface area contributed by atoms with Crippen molar-refractivity contribution in [2.45, 2.75) is 44.2 Å². The zero-order valence-electron chi connectivity index (χ0n) is 15.5.